The molecule has 1 saturated heterocycles. The molecule has 0 N–H and O–H groups in total. The number of amides is 2. The number of hydrogen-bond acceptors (Lipinski definition) is 7. The number of imide groups is 1. The number of ketones is 1. The molecule has 1 aliphatic heterocycles. The van der Waals surface area contributed by atoms with Crippen LogP contribution in [0.15, 0.2) is 51.8 Å². The van der Waals surface area contributed by atoms with Gasteiger partial charge in [0.05, 0.1) is 24.0 Å². The number of carbonyl (C=O) groups is 4. The van der Waals surface area contributed by atoms with Crippen molar-refractivity contribution in [3.63, 3.8) is 0 Å². The summed E-state index contributed by atoms with van der Waals surface area (Å²) in [6.45, 7) is -0.327. The molecule has 4 saturated carbocycles. The van der Waals surface area contributed by atoms with Crippen molar-refractivity contribution in [2.45, 2.75) is 38.5 Å². The Balaban J connectivity index is 1.16. The maximum Gasteiger partial charge on any atom is 0.317 e. The van der Waals surface area contributed by atoms with Crippen molar-refractivity contribution in [2.24, 2.45) is 23.2 Å². The van der Waals surface area contributed by atoms with E-state index in [4.69, 9.17) is 9.47 Å². The maximum absolute atomic E-state index is 13.4. The third-order valence-electron chi connectivity index (χ3n) is 8.50. The summed E-state index contributed by atoms with van der Waals surface area (Å²) in [5.41, 5.74) is 0.654. The van der Waals surface area contributed by atoms with Crippen LogP contribution in [0.2, 0.25) is 0 Å². The molecule has 202 valence electrons. The Labute approximate surface area is 239 Å². The van der Waals surface area contributed by atoms with E-state index in [9.17, 15) is 19.2 Å². The van der Waals surface area contributed by atoms with Crippen molar-refractivity contribution in [2.75, 3.05) is 13.7 Å². The lowest BCUT2D eigenvalue weighted by Gasteiger charge is -2.55. The van der Waals surface area contributed by atoms with E-state index in [0.717, 1.165) is 40.4 Å². The number of Topliss-reactive ketones (excluding diaryl/α,β-unsaturated/α-hetero) is 1. The quantitative estimate of drug-likeness (QED) is 0.153. The van der Waals surface area contributed by atoms with E-state index in [2.05, 4.69) is 15.9 Å². The van der Waals surface area contributed by atoms with Gasteiger partial charge in [-0.25, -0.2) is 0 Å². The molecule has 7 nitrogen and oxygen atoms in total. The summed E-state index contributed by atoms with van der Waals surface area (Å²) in [6.07, 6.45) is 8.06. The SMILES string of the molecule is COc1cc(/C=C2\SC(=O)N(CC(=O)c3ccc(Br)cc3)C2=O)ccc1OC(=O)C12CC3CC(CC(C3)C1)C2. The molecule has 0 radical (unpaired) electrons. The van der Waals surface area contributed by atoms with E-state index in [-0.39, 0.29) is 28.6 Å². The van der Waals surface area contributed by atoms with Crippen LogP contribution in [0.3, 0.4) is 0 Å². The number of carbonyl (C=O) groups excluding carboxylic acids is 4. The number of thioether (sulfide) groups is 1. The molecular formula is C30H28BrNO6S. The Morgan fingerprint density at radius 3 is 2.26 bits per heavy atom. The second-order valence-electron chi connectivity index (χ2n) is 11.2. The first-order valence-corrected chi connectivity index (χ1v) is 14.8. The molecule has 9 heteroatoms. The molecule has 39 heavy (non-hydrogen) atoms. The van der Waals surface area contributed by atoms with Crippen molar-refractivity contribution < 1.29 is 28.7 Å². The summed E-state index contributed by atoms with van der Waals surface area (Å²) in [4.78, 5) is 52.7. The van der Waals surface area contributed by atoms with Crippen molar-refractivity contribution in [1.29, 1.82) is 0 Å². The minimum Gasteiger partial charge on any atom is -0.493 e. The smallest absolute Gasteiger partial charge is 0.317 e. The van der Waals surface area contributed by atoms with E-state index in [1.54, 1.807) is 48.5 Å². The van der Waals surface area contributed by atoms with Crippen LogP contribution in [0, 0.1) is 23.2 Å². The normalized spacial score (nSPS) is 28.3. The first-order chi connectivity index (χ1) is 18.7. The number of ether oxygens (including phenoxy) is 2. The third-order valence-corrected chi connectivity index (χ3v) is 9.94. The van der Waals surface area contributed by atoms with Crippen LogP contribution in [-0.4, -0.2) is 41.5 Å². The second kappa shape index (κ2) is 10.2. The van der Waals surface area contributed by atoms with E-state index >= 15 is 0 Å². The Morgan fingerprint density at radius 2 is 1.64 bits per heavy atom. The van der Waals surface area contributed by atoms with Gasteiger partial charge in [-0.15, -0.1) is 0 Å². The van der Waals surface area contributed by atoms with Crippen LogP contribution >= 0.6 is 27.7 Å². The zero-order valence-corrected chi connectivity index (χ0v) is 23.9. The Morgan fingerprint density at radius 1 is 1.00 bits per heavy atom. The summed E-state index contributed by atoms with van der Waals surface area (Å²) in [5.74, 6) is 1.62. The lowest BCUT2D eigenvalue weighted by molar-refractivity contribution is -0.161. The number of benzene rings is 2. The average Bonchev–Trinajstić information content (AvgIpc) is 3.16. The van der Waals surface area contributed by atoms with Crippen LogP contribution in [0.5, 0.6) is 11.5 Å². The molecule has 1 heterocycles. The minimum atomic E-state index is -0.522. The molecular weight excluding hydrogens is 582 g/mol. The van der Waals surface area contributed by atoms with Gasteiger partial charge in [-0.3, -0.25) is 24.1 Å². The molecule has 4 bridgehead atoms. The van der Waals surface area contributed by atoms with Crippen LogP contribution in [0.4, 0.5) is 4.79 Å². The van der Waals surface area contributed by atoms with Gasteiger partial charge >= 0.3 is 5.97 Å². The van der Waals surface area contributed by atoms with Crippen LogP contribution in [0.25, 0.3) is 6.08 Å². The standard InChI is InChI=1S/C30H28BrNO6S/c1-37-25-11-17(2-7-24(25)38-28(35)30-13-18-8-19(14-30)10-20(9-18)15-30)12-26-27(34)32(29(36)39-26)16-23(33)21-3-5-22(31)6-4-21/h2-7,11-12,18-20H,8-10,13-16H2,1H3/b26-12-. The Kier molecular flexibility index (Phi) is 6.91. The fourth-order valence-corrected chi connectivity index (χ4v) is 8.19. The summed E-state index contributed by atoms with van der Waals surface area (Å²) in [5, 5.41) is -0.496. The monoisotopic (exact) mass is 609 g/mol. The van der Waals surface area contributed by atoms with E-state index in [1.165, 1.54) is 26.4 Å². The minimum absolute atomic E-state index is 0.163. The highest BCUT2D eigenvalue weighted by atomic mass is 79.9. The van der Waals surface area contributed by atoms with E-state index < -0.39 is 11.1 Å². The van der Waals surface area contributed by atoms with Gasteiger partial charge in [0.2, 0.25) is 0 Å². The zero-order valence-electron chi connectivity index (χ0n) is 21.5. The molecule has 7 rings (SSSR count). The van der Waals surface area contributed by atoms with Crippen molar-refractivity contribution in [3.8, 4) is 11.5 Å². The number of methoxy groups -OCH3 is 1. The number of halogens is 1. The van der Waals surface area contributed by atoms with Gasteiger partial charge in [0.1, 0.15) is 0 Å². The predicted molar refractivity (Wildman–Crippen MR) is 150 cm³/mol. The van der Waals surface area contributed by atoms with Gasteiger partial charge in [-0.2, -0.15) is 0 Å². The molecule has 5 aliphatic rings. The molecule has 0 aromatic heterocycles. The molecule has 4 aliphatic carbocycles. The molecule has 0 unspecified atom stereocenters. The molecule has 5 fully saturated rings. The summed E-state index contributed by atoms with van der Waals surface area (Å²) in [7, 11) is 1.50. The maximum atomic E-state index is 13.4. The molecule has 0 spiro atoms. The summed E-state index contributed by atoms with van der Waals surface area (Å²) >= 11 is 4.11. The van der Waals surface area contributed by atoms with Crippen LogP contribution in [-0.2, 0) is 9.59 Å². The van der Waals surface area contributed by atoms with Gasteiger partial charge in [0.15, 0.2) is 17.3 Å². The van der Waals surface area contributed by atoms with Crippen LogP contribution < -0.4 is 9.47 Å². The first-order valence-electron chi connectivity index (χ1n) is 13.2. The highest BCUT2D eigenvalue weighted by Crippen LogP contribution is 2.60. The van der Waals surface area contributed by atoms with E-state index in [1.807, 2.05) is 0 Å². The number of nitrogens with zero attached hydrogens (tertiary/aromatic N) is 1. The second-order valence-corrected chi connectivity index (χ2v) is 13.1. The fraction of sp³-hybridized carbons (Fsp3) is 0.400. The fourth-order valence-electron chi connectivity index (χ4n) is 7.09. The Bertz CT molecular complexity index is 1370. The molecule has 0 atom stereocenters. The summed E-state index contributed by atoms with van der Waals surface area (Å²) in [6, 6.07) is 11.8. The Hall–Kier alpha value is -2.91. The number of esters is 1. The number of rotatable bonds is 7. The van der Waals surface area contributed by atoms with Gasteiger partial charge in [-0.05, 0) is 104 Å². The predicted octanol–water partition coefficient (Wildman–Crippen LogP) is 6.50. The van der Waals surface area contributed by atoms with Crippen LogP contribution in [0.1, 0.15) is 54.4 Å². The van der Waals surface area contributed by atoms with E-state index in [0.29, 0.717) is 40.4 Å². The van der Waals surface area contributed by atoms with Crippen molar-refractivity contribution >= 4 is 56.7 Å². The largest absolute Gasteiger partial charge is 0.493 e. The van der Waals surface area contributed by atoms with Gasteiger partial charge in [0.25, 0.3) is 11.1 Å². The molecule has 2 aromatic carbocycles. The molecule has 2 amide bonds. The van der Waals surface area contributed by atoms with Gasteiger partial charge in [-0.1, -0.05) is 34.1 Å². The molecule has 2 aromatic rings. The van der Waals surface area contributed by atoms with Gasteiger partial charge < -0.3 is 9.47 Å². The lowest BCUT2D eigenvalue weighted by atomic mass is 9.49. The highest BCUT2D eigenvalue weighted by molar-refractivity contribution is 9.10. The highest BCUT2D eigenvalue weighted by Gasteiger charge is 2.55. The van der Waals surface area contributed by atoms with Gasteiger partial charge in [0, 0.05) is 10.0 Å². The zero-order chi connectivity index (χ0) is 27.3. The number of hydrogen-bond donors (Lipinski definition) is 0. The van der Waals surface area contributed by atoms with Crippen molar-refractivity contribution in [3.05, 3.63) is 63.0 Å². The van der Waals surface area contributed by atoms with Crippen molar-refractivity contribution in [1.82, 2.24) is 4.90 Å². The average molecular weight is 611 g/mol. The lowest BCUT2D eigenvalue weighted by Crippen LogP contribution is -2.51. The third kappa shape index (κ3) is 5.07. The first kappa shape index (κ1) is 26.3. The summed E-state index contributed by atoms with van der Waals surface area (Å²) < 4.78 is 12.3. The topological polar surface area (TPSA) is 90.0 Å².